The number of nitrogens with zero attached hydrogens (tertiary/aromatic N) is 5. The number of alkyl halides is 3. The van der Waals surface area contributed by atoms with Gasteiger partial charge in [0.05, 0.1) is 5.56 Å². The maximum atomic E-state index is 13.2. The van der Waals surface area contributed by atoms with Gasteiger partial charge in [-0.3, -0.25) is 14.5 Å². The van der Waals surface area contributed by atoms with Gasteiger partial charge in [0.2, 0.25) is 11.8 Å². The largest absolute Gasteiger partial charge is 0.416 e. The standard InChI is InChI=1S/C27H28ClF3N6O2/c28-23-12-22(34-26(39)24-3-1-2-9-37(24)25(38)15-36-16-32-33-17-36)7-5-19(23)13-35-10-8-18-4-6-21(27(29,30)31)11-20(18)14-35/h4-7,11-12,16-17,24H,1-3,8-10,13-15H2,(H,34,39)/t24-/m1/s1. The number of halogens is 4. The van der Waals surface area contributed by atoms with Crippen molar-refractivity contribution in [2.24, 2.45) is 0 Å². The quantitative estimate of drug-likeness (QED) is 0.479. The maximum Gasteiger partial charge on any atom is 0.416 e. The van der Waals surface area contributed by atoms with E-state index < -0.39 is 17.8 Å². The molecule has 1 fully saturated rings. The molecular formula is C27H28ClF3N6O2. The first-order chi connectivity index (χ1) is 18.7. The number of piperidine rings is 1. The smallest absolute Gasteiger partial charge is 0.329 e. The molecule has 1 saturated heterocycles. The lowest BCUT2D eigenvalue weighted by Crippen LogP contribution is -2.50. The minimum atomic E-state index is -4.37. The van der Waals surface area contributed by atoms with Crippen LogP contribution in [0.3, 0.4) is 0 Å². The van der Waals surface area contributed by atoms with Crippen molar-refractivity contribution in [3.63, 3.8) is 0 Å². The lowest BCUT2D eigenvalue weighted by atomic mass is 9.97. The molecule has 2 aliphatic rings. The molecule has 2 aromatic carbocycles. The Hall–Kier alpha value is -3.44. The third-order valence-corrected chi connectivity index (χ3v) is 7.60. The van der Waals surface area contributed by atoms with Crippen LogP contribution in [0.25, 0.3) is 0 Å². The molecule has 3 heterocycles. The molecule has 8 nitrogen and oxygen atoms in total. The predicted octanol–water partition coefficient (Wildman–Crippen LogP) is 4.53. The first-order valence-corrected chi connectivity index (χ1v) is 13.2. The summed E-state index contributed by atoms with van der Waals surface area (Å²) >= 11 is 6.56. The monoisotopic (exact) mass is 560 g/mol. The van der Waals surface area contributed by atoms with E-state index in [-0.39, 0.29) is 18.4 Å². The SMILES string of the molecule is O=C(Nc1ccc(CN2CCc3ccc(C(F)(F)F)cc3C2)c(Cl)c1)[C@H]1CCCCN1C(=O)Cn1cnnc1. The molecule has 0 radical (unpaired) electrons. The van der Waals surface area contributed by atoms with Gasteiger partial charge < -0.3 is 14.8 Å². The van der Waals surface area contributed by atoms with Gasteiger partial charge in [-0.1, -0.05) is 23.7 Å². The molecule has 5 rings (SSSR count). The van der Waals surface area contributed by atoms with Crippen LogP contribution in [0.4, 0.5) is 18.9 Å². The highest BCUT2D eigenvalue weighted by Crippen LogP contribution is 2.33. The molecule has 0 unspecified atom stereocenters. The summed E-state index contributed by atoms with van der Waals surface area (Å²) in [6, 6.07) is 8.58. The van der Waals surface area contributed by atoms with Gasteiger partial charge >= 0.3 is 6.18 Å². The van der Waals surface area contributed by atoms with E-state index in [1.165, 1.54) is 18.7 Å². The number of rotatable bonds is 6. The highest BCUT2D eigenvalue weighted by molar-refractivity contribution is 6.31. The number of benzene rings is 2. The third-order valence-electron chi connectivity index (χ3n) is 7.25. The van der Waals surface area contributed by atoms with E-state index in [0.29, 0.717) is 55.3 Å². The molecule has 2 amide bonds. The maximum absolute atomic E-state index is 13.2. The van der Waals surface area contributed by atoms with E-state index in [2.05, 4.69) is 20.4 Å². The van der Waals surface area contributed by atoms with Crippen molar-refractivity contribution in [2.75, 3.05) is 18.4 Å². The molecule has 1 atom stereocenters. The molecule has 39 heavy (non-hydrogen) atoms. The number of aromatic nitrogens is 3. The number of anilines is 1. The molecule has 1 N–H and O–H groups in total. The average molecular weight is 561 g/mol. The third kappa shape index (κ3) is 6.42. The Morgan fingerprint density at radius 1 is 1.03 bits per heavy atom. The minimum Gasteiger partial charge on any atom is -0.329 e. The van der Waals surface area contributed by atoms with Crippen LogP contribution in [0.1, 0.15) is 41.5 Å². The highest BCUT2D eigenvalue weighted by Gasteiger charge is 2.33. The van der Waals surface area contributed by atoms with E-state index in [1.807, 2.05) is 6.07 Å². The number of likely N-dealkylation sites (tertiary alicyclic amines) is 1. The first kappa shape index (κ1) is 27.1. The Morgan fingerprint density at radius 2 is 1.82 bits per heavy atom. The summed E-state index contributed by atoms with van der Waals surface area (Å²) < 4.78 is 41.0. The van der Waals surface area contributed by atoms with Gasteiger partial charge in [-0.25, -0.2) is 0 Å². The fraction of sp³-hybridized carbons (Fsp3) is 0.407. The van der Waals surface area contributed by atoms with Crippen LogP contribution in [0.15, 0.2) is 49.1 Å². The zero-order valence-corrected chi connectivity index (χ0v) is 21.9. The topological polar surface area (TPSA) is 83.4 Å². The van der Waals surface area contributed by atoms with Gasteiger partial charge in [0.15, 0.2) is 0 Å². The van der Waals surface area contributed by atoms with Crippen molar-refractivity contribution in [3.05, 3.63) is 76.3 Å². The van der Waals surface area contributed by atoms with Crippen molar-refractivity contribution in [3.8, 4) is 0 Å². The fourth-order valence-corrected chi connectivity index (χ4v) is 5.44. The van der Waals surface area contributed by atoms with E-state index >= 15 is 0 Å². The van der Waals surface area contributed by atoms with Crippen molar-refractivity contribution >= 4 is 29.1 Å². The lowest BCUT2D eigenvalue weighted by molar-refractivity contribution is -0.140. The highest BCUT2D eigenvalue weighted by atomic mass is 35.5. The Bertz CT molecular complexity index is 1350. The Balaban J connectivity index is 1.22. The minimum absolute atomic E-state index is 0.0653. The second kappa shape index (κ2) is 11.4. The van der Waals surface area contributed by atoms with Crippen molar-refractivity contribution < 1.29 is 22.8 Å². The Labute approximate surface area is 228 Å². The van der Waals surface area contributed by atoms with Crippen LogP contribution < -0.4 is 5.32 Å². The van der Waals surface area contributed by atoms with E-state index in [1.54, 1.807) is 27.7 Å². The van der Waals surface area contributed by atoms with E-state index in [4.69, 9.17) is 11.6 Å². The summed E-state index contributed by atoms with van der Waals surface area (Å²) in [6.45, 7) is 2.14. The second-order valence-electron chi connectivity index (χ2n) is 9.97. The summed E-state index contributed by atoms with van der Waals surface area (Å²) in [4.78, 5) is 29.7. The molecule has 0 saturated carbocycles. The number of nitrogens with one attached hydrogen (secondary N) is 1. The number of carbonyl (C=O) groups is 2. The number of hydrogen-bond acceptors (Lipinski definition) is 5. The number of amides is 2. The normalized spacial score (nSPS) is 18.1. The average Bonchev–Trinajstić information content (AvgIpc) is 3.42. The van der Waals surface area contributed by atoms with Crippen LogP contribution in [-0.2, 0) is 41.8 Å². The summed E-state index contributed by atoms with van der Waals surface area (Å²) in [7, 11) is 0. The van der Waals surface area contributed by atoms with Crippen LogP contribution in [0.2, 0.25) is 5.02 Å². The molecule has 0 aliphatic carbocycles. The summed E-state index contributed by atoms with van der Waals surface area (Å²) in [5.74, 6) is -0.447. The van der Waals surface area contributed by atoms with Gasteiger partial charge in [0.1, 0.15) is 25.2 Å². The van der Waals surface area contributed by atoms with Crippen LogP contribution in [0.5, 0.6) is 0 Å². The second-order valence-corrected chi connectivity index (χ2v) is 10.4. The molecule has 0 bridgehead atoms. The summed E-state index contributed by atoms with van der Waals surface area (Å²) in [6.07, 6.45) is 1.45. The van der Waals surface area contributed by atoms with Gasteiger partial charge in [-0.15, -0.1) is 10.2 Å². The molecule has 2 aliphatic heterocycles. The summed E-state index contributed by atoms with van der Waals surface area (Å²) in [5.41, 5.74) is 2.29. The number of hydrogen-bond donors (Lipinski definition) is 1. The van der Waals surface area contributed by atoms with Crippen molar-refractivity contribution in [1.29, 1.82) is 0 Å². The lowest BCUT2D eigenvalue weighted by Gasteiger charge is -2.34. The Kier molecular flexibility index (Phi) is 7.90. The molecular weight excluding hydrogens is 533 g/mol. The van der Waals surface area contributed by atoms with Crippen molar-refractivity contribution in [1.82, 2.24) is 24.6 Å². The number of carbonyl (C=O) groups excluding carboxylic acids is 2. The van der Waals surface area contributed by atoms with E-state index in [9.17, 15) is 22.8 Å². The van der Waals surface area contributed by atoms with Crippen LogP contribution >= 0.6 is 11.6 Å². The van der Waals surface area contributed by atoms with Gasteiger partial charge in [-0.2, -0.15) is 13.2 Å². The zero-order chi connectivity index (χ0) is 27.6. The zero-order valence-electron chi connectivity index (χ0n) is 21.1. The van der Waals surface area contributed by atoms with E-state index in [0.717, 1.165) is 30.0 Å². The van der Waals surface area contributed by atoms with Gasteiger partial charge in [0, 0.05) is 36.9 Å². The van der Waals surface area contributed by atoms with Crippen LogP contribution in [-0.4, -0.2) is 55.5 Å². The summed E-state index contributed by atoms with van der Waals surface area (Å²) in [5, 5.41) is 10.8. The number of fused-ring (bicyclic) bond motifs is 1. The fourth-order valence-electron chi connectivity index (χ4n) is 5.20. The van der Waals surface area contributed by atoms with Crippen molar-refractivity contribution in [2.45, 2.75) is 57.5 Å². The molecule has 1 aromatic heterocycles. The van der Waals surface area contributed by atoms with Crippen LogP contribution in [0, 0.1) is 0 Å². The predicted molar refractivity (Wildman–Crippen MR) is 139 cm³/mol. The molecule has 0 spiro atoms. The van der Waals surface area contributed by atoms with Gasteiger partial charge in [0.25, 0.3) is 0 Å². The Morgan fingerprint density at radius 3 is 2.56 bits per heavy atom. The van der Waals surface area contributed by atoms with Gasteiger partial charge in [-0.05, 0) is 66.6 Å². The molecule has 206 valence electrons. The first-order valence-electron chi connectivity index (χ1n) is 12.8. The molecule has 12 heteroatoms. The molecule has 3 aromatic rings.